The highest BCUT2D eigenvalue weighted by atomic mass is 32.1. The molecule has 1 aliphatic carbocycles. The van der Waals surface area contributed by atoms with Crippen LogP contribution < -0.4 is 5.32 Å². The van der Waals surface area contributed by atoms with Crippen molar-refractivity contribution in [2.24, 2.45) is 5.92 Å². The van der Waals surface area contributed by atoms with Crippen LogP contribution in [0.25, 0.3) is 0 Å². The average molecular weight is 412 g/mol. The van der Waals surface area contributed by atoms with Crippen LogP contribution in [0.3, 0.4) is 0 Å². The van der Waals surface area contributed by atoms with E-state index in [1.165, 1.54) is 41.7 Å². The van der Waals surface area contributed by atoms with Crippen molar-refractivity contribution in [2.45, 2.75) is 58.4 Å². The van der Waals surface area contributed by atoms with Gasteiger partial charge in [-0.3, -0.25) is 14.5 Å². The van der Waals surface area contributed by atoms with Crippen LogP contribution >= 0.6 is 11.3 Å². The lowest BCUT2D eigenvalue weighted by atomic mass is 9.99. The van der Waals surface area contributed by atoms with Crippen LogP contribution in [0.5, 0.6) is 0 Å². The van der Waals surface area contributed by atoms with Gasteiger partial charge in [-0.1, -0.05) is 19.1 Å². The molecule has 154 valence electrons. The Morgan fingerprint density at radius 2 is 1.97 bits per heavy atom. The van der Waals surface area contributed by atoms with Crippen LogP contribution in [-0.2, 0) is 24.2 Å². The number of hydrogen-bond donors (Lipinski definition) is 1. The predicted molar refractivity (Wildman–Crippen MR) is 116 cm³/mol. The molecule has 2 heterocycles. The van der Waals surface area contributed by atoms with Crippen LogP contribution in [0, 0.1) is 5.92 Å². The monoisotopic (exact) mass is 411 g/mol. The molecule has 0 radical (unpaired) electrons. The minimum Gasteiger partial charge on any atom is -0.302 e. The number of nitrogens with zero attached hydrogens (tertiary/aromatic N) is 2. The maximum atomic E-state index is 12.5. The van der Waals surface area contributed by atoms with Crippen molar-refractivity contribution in [3.63, 3.8) is 0 Å². The quantitative estimate of drug-likeness (QED) is 0.683. The normalized spacial score (nSPS) is 17.3. The number of benzene rings is 1. The summed E-state index contributed by atoms with van der Waals surface area (Å²) in [6.45, 7) is 5.38. The van der Waals surface area contributed by atoms with Gasteiger partial charge in [-0.05, 0) is 68.3 Å². The standard InChI is InChI=1S/C23H29N3O2S/c1-16-9-11-26(12-10-16)14-20-15-29-23(24-20)25-22(28)8-7-21(27)19-6-5-17-3-2-4-18(17)13-19/h5-6,13,15-16H,2-4,7-12,14H2,1H3,(H,24,25,28). The Morgan fingerprint density at radius 3 is 2.79 bits per heavy atom. The first-order valence-corrected chi connectivity index (χ1v) is 11.6. The first-order valence-electron chi connectivity index (χ1n) is 10.7. The number of thiazole rings is 1. The van der Waals surface area contributed by atoms with Gasteiger partial charge in [0.15, 0.2) is 10.9 Å². The minimum atomic E-state index is -0.146. The van der Waals surface area contributed by atoms with E-state index in [0.29, 0.717) is 5.13 Å². The number of Topliss-reactive ketones (excluding diaryl/α,β-unsaturated/α-hetero) is 1. The van der Waals surface area contributed by atoms with Crippen LogP contribution in [0.15, 0.2) is 23.6 Å². The van der Waals surface area contributed by atoms with Gasteiger partial charge in [0.2, 0.25) is 5.91 Å². The van der Waals surface area contributed by atoms with E-state index in [2.05, 4.69) is 28.2 Å². The number of aryl methyl sites for hydroxylation is 2. The second-order valence-electron chi connectivity index (χ2n) is 8.41. The van der Waals surface area contributed by atoms with Crippen LogP contribution in [0.4, 0.5) is 5.13 Å². The molecule has 0 bridgehead atoms. The van der Waals surface area contributed by atoms with E-state index < -0.39 is 0 Å². The highest BCUT2D eigenvalue weighted by Gasteiger charge is 2.18. The Morgan fingerprint density at radius 1 is 1.17 bits per heavy atom. The summed E-state index contributed by atoms with van der Waals surface area (Å²) in [6, 6.07) is 5.98. The highest BCUT2D eigenvalue weighted by molar-refractivity contribution is 7.13. The molecule has 0 spiro atoms. The maximum absolute atomic E-state index is 12.5. The number of amides is 1. The number of aromatic nitrogens is 1. The summed E-state index contributed by atoms with van der Waals surface area (Å²) in [5, 5.41) is 5.50. The zero-order valence-corrected chi connectivity index (χ0v) is 17.9. The van der Waals surface area contributed by atoms with Crippen molar-refractivity contribution >= 4 is 28.2 Å². The molecular weight excluding hydrogens is 382 g/mol. The van der Waals surface area contributed by atoms with Crippen molar-refractivity contribution in [3.8, 4) is 0 Å². The predicted octanol–water partition coefficient (Wildman–Crippen LogP) is 4.47. The number of likely N-dealkylation sites (tertiary alicyclic amines) is 1. The van der Waals surface area contributed by atoms with Crippen LogP contribution in [0.1, 0.15) is 66.2 Å². The number of hydrogen-bond acceptors (Lipinski definition) is 5. The molecule has 1 N–H and O–H groups in total. The van der Waals surface area contributed by atoms with E-state index in [4.69, 9.17) is 0 Å². The van der Waals surface area contributed by atoms with Gasteiger partial charge in [0.1, 0.15) is 0 Å². The van der Waals surface area contributed by atoms with Crippen LogP contribution in [0.2, 0.25) is 0 Å². The Balaban J connectivity index is 1.23. The largest absolute Gasteiger partial charge is 0.302 e. The van der Waals surface area contributed by atoms with Gasteiger partial charge < -0.3 is 5.32 Å². The van der Waals surface area contributed by atoms with E-state index in [1.54, 1.807) is 0 Å². The fraction of sp³-hybridized carbons (Fsp3) is 0.522. The van der Waals surface area contributed by atoms with Crippen molar-refractivity contribution in [1.82, 2.24) is 9.88 Å². The van der Waals surface area contributed by atoms with Crippen LogP contribution in [-0.4, -0.2) is 34.7 Å². The molecule has 4 rings (SSSR count). The third kappa shape index (κ3) is 5.31. The van der Waals surface area contributed by atoms with Gasteiger partial charge in [-0.2, -0.15) is 0 Å². The molecule has 6 heteroatoms. The number of nitrogens with one attached hydrogen (secondary N) is 1. The molecule has 1 amide bonds. The molecule has 1 saturated heterocycles. The van der Waals surface area contributed by atoms with E-state index in [-0.39, 0.29) is 24.5 Å². The third-order valence-electron chi connectivity index (χ3n) is 6.06. The zero-order valence-electron chi connectivity index (χ0n) is 17.1. The lowest BCUT2D eigenvalue weighted by Gasteiger charge is -2.29. The smallest absolute Gasteiger partial charge is 0.226 e. The SMILES string of the molecule is CC1CCN(Cc2csc(NC(=O)CCC(=O)c3ccc4c(c3)CCC4)n2)CC1. The molecular formula is C23H29N3O2S. The van der Waals surface area contributed by atoms with E-state index in [1.807, 2.05) is 17.5 Å². The van der Waals surface area contributed by atoms with Gasteiger partial charge in [0.25, 0.3) is 0 Å². The summed E-state index contributed by atoms with van der Waals surface area (Å²) in [5.74, 6) is 0.706. The number of carbonyl (C=O) groups excluding carboxylic acids is 2. The number of fused-ring (bicyclic) bond motifs is 1. The van der Waals surface area contributed by atoms with E-state index >= 15 is 0 Å². The number of piperidine rings is 1. The molecule has 0 unspecified atom stereocenters. The molecule has 5 nitrogen and oxygen atoms in total. The Bertz CT molecular complexity index is 884. The second-order valence-corrected chi connectivity index (χ2v) is 9.27. The fourth-order valence-electron chi connectivity index (χ4n) is 4.18. The van der Waals surface area contributed by atoms with Gasteiger partial charge >= 0.3 is 0 Å². The minimum absolute atomic E-state index is 0.0361. The Kier molecular flexibility index (Phi) is 6.40. The highest BCUT2D eigenvalue weighted by Crippen LogP contribution is 2.24. The van der Waals surface area contributed by atoms with E-state index in [0.717, 1.165) is 49.7 Å². The second kappa shape index (κ2) is 9.18. The van der Waals surface area contributed by atoms with Gasteiger partial charge in [-0.25, -0.2) is 4.98 Å². The molecule has 0 atom stereocenters. The van der Waals surface area contributed by atoms with Gasteiger partial charge in [0, 0.05) is 30.3 Å². The van der Waals surface area contributed by atoms with Gasteiger partial charge in [0.05, 0.1) is 5.69 Å². The zero-order chi connectivity index (χ0) is 20.2. The first kappa shape index (κ1) is 20.2. The molecule has 2 aliphatic rings. The topological polar surface area (TPSA) is 62.3 Å². The average Bonchev–Trinajstić information content (AvgIpc) is 3.36. The van der Waals surface area contributed by atoms with Crippen molar-refractivity contribution in [3.05, 3.63) is 46.0 Å². The summed E-state index contributed by atoms with van der Waals surface area (Å²) < 4.78 is 0. The lowest BCUT2D eigenvalue weighted by molar-refractivity contribution is -0.116. The fourth-order valence-corrected chi connectivity index (χ4v) is 4.90. The molecule has 0 saturated carbocycles. The molecule has 1 aliphatic heterocycles. The Labute approximate surface area is 176 Å². The molecule has 2 aromatic rings. The van der Waals surface area contributed by atoms with Crippen molar-refractivity contribution in [2.75, 3.05) is 18.4 Å². The first-order chi connectivity index (χ1) is 14.1. The number of carbonyl (C=O) groups is 2. The molecule has 1 aromatic heterocycles. The molecule has 1 fully saturated rings. The molecule has 1 aromatic carbocycles. The van der Waals surface area contributed by atoms with E-state index in [9.17, 15) is 9.59 Å². The third-order valence-corrected chi connectivity index (χ3v) is 6.87. The summed E-state index contributed by atoms with van der Waals surface area (Å²) in [5.41, 5.74) is 4.39. The summed E-state index contributed by atoms with van der Waals surface area (Å²) in [7, 11) is 0. The van der Waals surface area contributed by atoms with Gasteiger partial charge in [-0.15, -0.1) is 11.3 Å². The molecule has 29 heavy (non-hydrogen) atoms. The maximum Gasteiger partial charge on any atom is 0.226 e. The Hall–Kier alpha value is -2.05. The lowest BCUT2D eigenvalue weighted by Crippen LogP contribution is -2.32. The van der Waals surface area contributed by atoms with Crippen molar-refractivity contribution < 1.29 is 9.59 Å². The number of ketones is 1. The summed E-state index contributed by atoms with van der Waals surface area (Å²) in [6.07, 6.45) is 6.24. The number of anilines is 1. The van der Waals surface area contributed by atoms with Crippen molar-refractivity contribution in [1.29, 1.82) is 0 Å². The number of rotatable bonds is 7. The summed E-state index contributed by atoms with van der Waals surface area (Å²) >= 11 is 1.46. The summed E-state index contributed by atoms with van der Waals surface area (Å²) in [4.78, 5) is 31.7.